The number of benzene rings is 1. The Morgan fingerprint density at radius 1 is 1.30 bits per heavy atom. The maximum absolute atomic E-state index is 12.7. The molecule has 1 aromatic carbocycles. The van der Waals surface area contributed by atoms with Gasteiger partial charge in [-0.25, -0.2) is 0 Å². The third-order valence-electron chi connectivity index (χ3n) is 3.11. The zero-order valence-electron chi connectivity index (χ0n) is 10.5. The van der Waals surface area contributed by atoms with Gasteiger partial charge in [0.2, 0.25) is 5.91 Å². The number of hydrogen-bond acceptors (Lipinski definition) is 3. The van der Waals surface area contributed by atoms with E-state index in [4.69, 9.17) is 5.26 Å². The molecule has 1 saturated heterocycles. The van der Waals surface area contributed by atoms with Crippen LogP contribution in [0.4, 0.5) is 18.9 Å². The van der Waals surface area contributed by atoms with Gasteiger partial charge in [-0.3, -0.25) is 4.79 Å². The minimum Gasteiger partial charge on any atom is -0.369 e. The Hall–Kier alpha value is -2.23. The minimum absolute atomic E-state index is 0.0834. The minimum atomic E-state index is -4.54. The van der Waals surface area contributed by atoms with Crippen LogP contribution < -0.4 is 10.2 Å². The van der Waals surface area contributed by atoms with Crippen LogP contribution in [-0.4, -0.2) is 25.5 Å². The van der Waals surface area contributed by atoms with Crippen LogP contribution in [0.1, 0.15) is 17.5 Å². The number of nitrogens with zero attached hydrogens (tertiary/aromatic N) is 2. The van der Waals surface area contributed by atoms with Crippen LogP contribution in [0.15, 0.2) is 18.2 Å². The molecule has 4 nitrogen and oxygen atoms in total. The normalized spacial score (nSPS) is 16.3. The molecule has 2 rings (SSSR count). The van der Waals surface area contributed by atoms with Crippen LogP contribution in [0.5, 0.6) is 0 Å². The number of carbonyl (C=O) groups excluding carboxylic acids is 1. The second-order valence-corrected chi connectivity index (χ2v) is 4.43. The van der Waals surface area contributed by atoms with Crippen molar-refractivity contribution in [1.82, 2.24) is 5.32 Å². The molecule has 20 heavy (non-hydrogen) atoms. The summed E-state index contributed by atoms with van der Waals surface area (Å²) < 4.78 is 38.1. The molecule has 1 aliphatic heterocycles. The van der Waals surface area contributed by atoms with Crippen molar-refractivity contribution in [2.45, 2.75) is 12.6 Å². The van der Waals surface area contributed by atoms with Crippen LogP contribution in [-0.2, 0) is 11.0 Å². The summed E-state index contributed by atoms with van der Waals surface area (Å²) in [5, 5.41) is 11.6. The van der Waals surface area contributed by atoms with Crippen molar-refractivity contribution >= 4 is 11.6 Å². The SMILES string of the molecule is N#Cc1cc(N2CCNC(=O)CC2)ccc1C(F)(F)F. The van der Waals surface area contributed by atoms with Gasteiger partial charge in [0.1, 0.15) is 0 Å². The van der Waals surface area contributed by atoms with E-state index in [2.05, 4.69) is 5.32 Å². The molecule has 7 heteroatoms. The van der Waals surface area contributed by atoms with E-state index in [1.54, 1.807) is 11.0 Å². The molecular formula is C13H12F3N3O. The number of anilines is 1. The van der Waals surface area contributed by atoms with Crippen LogP contribution in [0.2, 0.25) is 0 Å². The second kappa shape index (κ2) is 5.41. The lowest BCUT2D eigenvalue weighted by Crippen LogP contribution is -2.28. The quantitative estimate of drug-likeness (QED) is 0.856. The third-order valence-corrected chi connectivity index (χ3v) is 3.11. The van der Waals surface area contributed by atoms with E-state index in [1.807, 2.05) is 0 Å². The molecule has 0 saturated carbocycles. The van der Waals surface area contributed by atoms with Gasteiger partial charge in [0, 0.05) is 31.7 Å². The molecule has 0 radical (unpaired) electrons. The van der Waals surface area contributed by atoms with E-state index in [9.17, 15) is 18.0 Å². The highest BCUT2D eigenvalue weighted by Crippen LogP contribution is 2.33. The predicted octanol–water partition coefficient (Wildman–Crippen LogP) is 1.90. The number of hydrogen-bond donors (Lipinski definition) is 1. The Bertz CT molecular complexity index is 563. The first kappa shape index (κ1) is 14.2. The molecule has 0 aromatic heterocycles. The molecule has 1 fully saturated rings. The second-order valence-electron chi connectivity index (χ2n) is 4.43. The first-order chi connectivity index (χ1) is 9.41. The predicted molar refractivity (Wildman–Crippen MR) is 66.0 cm³/mol. The van der Waals surface area contributed by atoms with Gasteiger partial charge >= 0.3 is 6.18 Å². The first-order valence-corrected chi connectivity index (χ1v) is 6.05. The van der Waals surface area contributed by atoms with Gasteiger partial charge in [-0.15, -0.1) is 0 Å². The fraction of sp³-hybridized carbons (Fsp3) is 0.385. The van der Waals surface area contributed by atoms with Crippen molar-refractivity contribution in [3.05, 3.63) is 29.3 Å². The summed E-state index contributed by atoms with van der Waals surface area (Å²) in [7, 11) is 0. The highest BCUT2D eigenvalue weighted by Gasteiger charge is 2.33. The fourth-order valence-corrected chi connectivity index (χ4v) is 2.09. The van der Waals surface area contributed by atoms with Gasteiger partial charge in [-0.1, -0.05) is 0 Å². The lowest BCUT2D eigenvalue weighted by molar-refractivity contribution is -0.137. The van der Waals surface area contributed by atoms with Crippen LogP contribution in [0.25, 0.3) is 0 Å². The summed E-state index contributed by atoms with van der Waals surface area (Å²) >= 11 is 0. The van der Waals surface area contributed by atoms with Crippen LogP contribution in [0, 0.1) is 11.3 Å². The molecule has 0 aliphatic carbocycles. The van der Waals surface area contributed by atoms with Crippen molar-refractivity contribution in [1.29, 1.82) is 5.26 Å². The van der Waals surface area contributed by atoms with E-state index in [0.717, 1.165) is 6.07 Å². The van der Waals surface area contributed by atoms with Gasteiger partial charge in [0.25, 0.3) is 0 Å². The third kappa shape index (κ3) is 3.02. The van der Waals surface area contributed by atoms with Crippen LogP contribution >= 0.6 is 0 Å². The summed E-state index contributed by atoms with van der Waals surface area (Å²) in [6.07, 6.45) is -4.26. The van der Waals surface area contributed by atoms with E-state index in [0.29, 0.717) is 25.3 Å². The number of carbonyl (C=O) groups is 1. The fourth-order valence-electron chi connectivity index (χ4n) is 2.09. The Morgan fingerprint density at radius 2 is 2.05 bits per heavy atom. The number of rotatable bonds is 1. The number of nitriles is 1. The maximum atomic E-state index is 12.7. The highest BCUT2D eigenvalue weighted by atomic mass is 19.4. The van der Waals surface area contributed by atoms with E-state index in [-0.39, 0.29) is 12.3 Å². The van der Waals surface area contributed by atoms with E-state index >= 15 is 0 Å². The largest absolute Gasteiger partial charge is 0.417 e. The van der Waals surface area contributed by atoms with Crippen molar-refractivity contribution in [2.24, 2.45) is 0 Å². The van der Waals surface area contributed by atoms with Crippen molar-refractivity contribution in [2.75, 3.05) is 24.5 Å². The molecule has 1 aliphatic rings. The monoisotopic (exact) mass is 283 g/mol. The zero-order chi connectivity index (χ0) is 14.8. The molecule has 0 unspecified atom stereocenters. The van der Waals surface area contributed by atoms with Crippen molar-refractivity contribution in [3.63, 3.8) is 0 Å². The van der Waals surface area contributed by atoms with Gasteiger partial charge in [0.05, 0.1) is 17.2 Å². The maximum Gasteiger partial charge on any atom is 0.417 e. The Kier molecular flexibility index (Phi) is 3.84. The molecule has 1 aromatic rings. The van der Waals surface area contributed by atoms with Gasteiger partial charge in [-0.05, 0) is 18.2 Å². The van der Waals surface area contributed by atoms with Crippen LogP contribution in [0.3, 0.4) is 0 Å². The Morgan fingerprint density at radius 3 is 2.70 bits per heavy atom. The lowest BCUT2D eigenvalue weighted by atomic mass is 10.1. The topological polar surface area (TPSA) is 56.1 Å². The molecule has 1 amide bonds. The zero-order valence-corrected chi connectivity index (χ0v) is 10.5. The Balaban J connectivity index is 2.30. The summed E-state index contributed by atoms with van der Waals surface area (Å²) in [6, 6.07) is 5.04. The first-order valence-electron chi connectivity index (χ1n) is 6.05. The van der Waals surface area contributed by atoms with Gasteiger partial charge < -0.3 is 10.2 Å². The number of alkyl halides is 3. The summed E-state index contributed by atoms with van der Waals surface area (Å²) in [5.41, 5.74) is -0.822. The summed E-state index contributed by atoms with van der Waals surface area (Å²) in [4.78, 5) is 13.0. The summed E-state index contributed by atoms with van der Waals surface area (Å²) in [6.45, 7) is 1.35. The molecule has 1 heterocycles. The highest BCUT2D eigenvalue weighted by molar-refractivity contribution is 5.77. The van der Waals surface area contributed by atoms with Gasteiger partial charge in [-0.2, -0.15) is 18.4 Å². The molecule has 1 N–H and O–H groups in total. The summed E-state index contributed by atoms with van der Waals surface area (Å²) in [5.74, 6) is -0.0834. The number of nitrogens with one attached hydrogen (secondary N) is 1. The Labute approximate surface area is 113 Å². The molecule has 106 valence electrons. The van der Waals surface area contributed by atoms with Crippen molar-refractivity contribution in [3.8, 4) is 6.07 Å². The average molecular weight is 283 g/mol. The lowest BCUT2D eigenvalue weighted by Gasteiger charge is -2.22. The van der Waals surface area contributed by atoms with E-state index in [1.165, 1.54) is 12.1 Å². The molecule has 0 atom stereocenters. The standard InChI is InChI=1S/C13H12F3N3O/c14-13(15,16)11-2-1-10(7-9(11)8-17)19-5-3-12(20)18-4-6-19/h1-2,7H,3-6H2,(H,18,20). The van der Waals surface area contributed by atoms with E-state index < -0.39 is 17.3 Å². The van der Waals surface area contributed by atoms with Gasteiger partial charge in [0.15, 0.2) is 0 Å². The molecule has 0 spiro atoms. The number of halogens is 3. The number of amides is 1. The average Bonchev–Trinajstić information content (AvgIpc) is 2.62. The molecule has 0 bridgehead atoms. The molecular weight excluding hydrogens is 271 g/mol. The van der Waals surface area contributed by atoms with Crippen molar-refractivity contribution < 1.29 is 18.0 Å². The smallest absolute Gasteiger partial charge is 0.369 e.